The van der Waals surface area contributed by atoms with Crippen molar-refractivity contribution < 1.29 is 4.74 Å². The van der Waals surface area contributed by atoms with Gasteiger partial charge in [-0.2, -0.15) is 0 Å². The molecule has 1 atom stereocenters. The van der Waals surface area contributed by atoms with E-state index in [9.17, 15) is 0 Å². The maximum Gasteiger partial charge on any atom is 0.123 e. The second-order valence-corrected chi connectivity index (χ2v) is 4.54. The molecule has 0 heterocycles. The van der Waals surface area contributed by atoms with E-state index >= 15 is 0 Å². The van der Waals surface area contributed by atoms with Crippen LogP contribution < -0.4 is 4.74 Å². The molecule has 0 amide bonds. The molecule has 1 rings (SSSR count). The van der Waals surface area contributed by atoms with Gasteiger partial charge < -0.3 is 4.74 Å². The number of halogens is 1. The van der Waals surface area contributed by atoms with Gasteiger partial charge in [-0.3, -0.25) is 0 Å². The predicted octanol–water partition coefficient (Wildman–Crippen LogP) is 4.32. The molecule has 2 heteroatoms. The van der Waals surface area contributed by atoms with E-state index in [1.165, 1.54) is 5.56 Å². The molecule has 1 aromatic carbocycles. The van der Waals surface area contributed by atoms with Gasteiger partial charge in [0.25, 0.3) is 0 Å². The third-order valence-electron chi connectivity index (χ3n) is 2.17. The van der Waals surface area contributed by atoms with Crippen molar-refractivity contribution in [3.05, 3.63) is 28.2 Å². The molecule has 0 fully saturated rings. The molecule has 0 aliphatic carbocycles. The molecule has 1 unspecified atom stereocenters. The van der Waals surface area contributed by atoms with E-state index in [2.05, 4.69) is 42.8 Å². The van der Waals surface area contributed by atoms with E-state index in [4.69, 9.17) is 4.74 Å². The van der Waals surface area contributed by atoms with Gasteiger partial charge in [-0.15, -0.1) is 0 Å². The van der Waals surface area contributed by atoms with Crippen molar-refractivity contribution in [1.82, 2.24) is 0 Å². The molecule has 0 spiro atoms. The number of hydrogen-bond acceptors (Lipinski definition) is 1. The summed E-state index contributed by atoms with van der Waals surface area (Å²) in [5, 5.41) is 0. The Morgan fingerprint density at radius 2 is 2.14 bits per heavy atom. The number of benzene rings is 1. The highest BCUT2D eigenvalue weighted by atomic mass is 79.9. The highest BCUT2D eigenvalue weighted by Gasteiger charge is 2.05. The van der Waals surface area contributed by atoms with Crippen molar-refractivity contribution in [2.24, 2.45) is 0 Å². The van der Waals surface area contributed by atoms with E-state index in [1.807, 2.05) is 12.1 Å². The first-order chi connectivity index (χ1) is 6.63. The smallest absolute Gasteiger partial charge is 0.123 e. The van der Waals surface area contributed by atoms with Crippen molar-refractivity contribution in [3.63, 3.8) is 0 Å². The molecule has 14 heavy (non-hydrogen) atoms. The summed E-state index contributed by atoms with van der Waals surface area (Å²) >= 11 is 3.45. The fourth-order valence-electron chi connectivity index (χ4n) is 1.38. The molecule has 0 radical (unpaired) electrons. The molecular weight excluding hydrogens is 240 g/mol. The monoisotopic (exact) mass is 256 g/mol. The quantitative estimate of drug-likeness (QED) is 0.780. The van der Waals surface area contributed by atoms with Crippen molar-refractivity contribution in [2.75, 3.05) is 0 Å². The summed E-state index contributed by atoms with van der Waals surface area (Å²) in [5.74, 6) is 0.986. The molecule has 78 valence electrons. The zero-order chi connectivity index (χ0) is 10.6. The Bertz CT molecular complexity index is 296. The van der Waals surface area contributed by atoms with Gasteiger partial charge in [-0.25, -0.2) is 0 Å². The summed E-state index contributed by atoms with van der Waals surface area (Å²) in [6.45, 7) is 6.36. The van der Waals surface area contributed by atoms with E-state index in [1.54, 1.807) is 0 Å². The van der Waals surface area contributed by atoms with Crippen molar-refractivity contribution in [3.8, 4) is 5.75 Å². The van der Waals surface area contributed by atoms with Gasteiger partial charge in [0.05, 0.1) is 6.10 Å². The van der Waals surface area contributed by atoms with Crippen molar-refractivity contribution >= 4 is 15.9 Å². The van der Waals surface area contributed by atoms with Crippen LogP contribution in [0.4, 0.5) is 0 Å². The van der Waals surface area contributed by atoms with Gasteiger partial charge >= 0.3 is 0 Å². The maximum atomic E-state index is 5.84. The molecule has 1 aromatic rings. The molecule has 0 aliphatic heterocycles. The summed E-state index contributed by atoms with van der Waals surface area (Å²) in [6.07, 6.45) is 2.56. The van der Waals surface area contributed by atoms with E-state index in [0.717, 1.165) is 23.1 Å². The first-order valence-electron chi connectivity index (χ1n) is 5.06. The minimum absolute atomic E-state index is 0.299. The number of hydrogen-bond donors (Lipinski definition) is 0. The maximum absolute atomic E-state index is 5.84. The lowest BCUT2D eigenvalue weighted by molar-refractivity contribution is 0.208. The Balaban J connectivity index is 2.70. The van der Waals surface area contributed by atoms with Crippen molar-refractivity contribution in [1.29, 1.82) is 0 Å². The van der Waals surface area contributed by atoms with Gasteiger partial charge in [-0.1, -0.05) is 35.3 Å². The first-order valence-corrected chi connectivity index (χ1v) is 5.85. The van der Waals surface area contributed by atoms with E-state index in [0.29, 0.717) is 6.10 Å². The Morgan fingerprint density at radius 3 is 2.79 bits per heavy atom. The first kappa shape index (κ1) is 11.6. The zero-order valence-electron chi connectivity index (χ0n) is 9.01. The molecular formula is C12H17BrO. The summed E-state index contributed by atoms with van der Waals surface area (Å²) < 4.78 is 6.91. The van der Waals surface area contributed by atoms with Crippen LogP contribution in [0.15, 0.2) is 22.7 Å². The highest BCUT2D eigenvalue weighted by Crippen LogP contribution is 2.24. The second-order valence-electron chi connectivity index (χ2n) is 3.63. The van der Waals surface area contributed by atoms with Crippen LogP contribution in [-0.4, -0.2) is 6.10 Å². The van der Waals surface area contributed by atoms with Crippen LogP contribution in [0.5, 0.6) is 5.75 Å². The Morgan fingerprint density at radius 1 is 1.43 bits per heavy atom. The fourth-order valence-corrected chi connectivity index (χ4v) is 1.72. The fraction of sp³-hybridized carbons (Fsp3) is 0.500. The Labute approximate surface area is 94.6 Å². The minimum atomic E-state index is 0.299. The van der Waals surface area contributed by atoms with Gasteiger partial charge in [0.1, 0.15) is 5.75 Å². The molecule has 0 N–H and O–H groups in total. The van der Waals surface area contributed by atoms with Crippen LogP contribution >= 0.6 is 15.9 Å². The average Bonchev–Trinajstić information content (AvgIpc) is 2.12. The summed E-state index contributed by atoms with van der Waals surface area (Å²) in [4.78, 5) is 0. The lowest BCUT2D eigenvalue weighted by Crippen LogP contribution is -2.11. The van der Waals surface area contributed by atoms with Crippen LogP contribution in [0.1, 0.15) is 32.3 Å². The van der Waals surface area contributed by atoms with Gasteiger partial charge in [0, 0.05) is 4.47 Å². The second kappa shape index (κ2) is 5.40. The van der Waals surface area contributed by atoms with Crippen LogP contribution in [0, 0.1) is 6.92 Å². The standard InChI is InChI=1S/C12H17BrO/c1-4-5-10(3)14-12-8-11(13)7-6-9(12)2/h6-8,10H,4-5H2,1-3H3. The number of ether oxygens (including phenoxy) is 1. The SMILES string of the molecule is CCCC(C)Oc1cc(Br)ccc1C. The summed E-state index contributed by atoms with van der Waals surface area (Å²) in [5.41, 5.74) is 1.19. The highest BCUT2D eigenvalue weighted by molar-refractivity contribution is 9.10. The van der Waals surface area contributed by atoms with Crippen molar-refractivity contribution in [2.45, 2.75) is 39.7 Å². The van der Waals surface area contributed by atoms with Crippen LogP contribution in [0.25, 0.3) is 0 Å². The van der Waals surface area contributed by atoms with Crippen LogP contribution in [-0.2, 0) is 0 Å². The van der Waals surface area contributed by atoms with Crippen LogP contribution in [0.3, 0.4) is 0 Å². The average molecular weight is 257 g/mol. The summed E-state index contributed by atoms with van der Waals surface area (Å²) in [6, 6.07) is 6.13. The number of rotatable bonds is 4. The van der Waals surface area contributed by atoms with Gasteiger partial charge in [0.15, 0.2) is 0 Å². The lowest BCUT2D eigenvalue weighted by atomic mass is 10.2. The zero-order valence-corrected chi connectivity index (χ0v) is 10.6. The molecule has 1 nitrogen and oxygen atoms in total. The molecule has 0 saturated carbocycles. The molecule has 0 saturated heterocycles. The van der Waals surface area contributed by atoms with Gasteiger partial charge in [0.2, 0.25) is 0 Å². The predicted molar refractivity (Wildman–Crippen MR) is 63.9 cm³/mol. The largest absolute Gasteiger partial charge is 0.490 e. The summed E-state index contributed by atoms with van der Waals surface area (Å²) in [7, 11) is 0. The molecule has 0 aliphatic rings. The minimum Gasteiger partial charge on any atom is -0.490 e. The molecule has 0 aromatic heterocycles. The normalized spacial score (nSPS) is 12.6. The Hall–Kier alpha value is -0.500. The third kappa shape index (κ3) is 3.33. The van der Waals surface area contributed by atoms with Crippen LogP contribution in [0.2, 0.25) is 0 Å². The Kier molecular flexibility index (Phi) is 4.46. The lowest BCUT2D eigenvalue weighted by Gasteiger charge is -2.15. The topological polar surface area (TPSA) is 9.23 Å². The van der Waals surface area contributed by atoms with E-state index in [-0.39, 0.29) is 0 Å². The van der Waals surface area contributed by atoms with Gasteiger partial charge in [-0.05, 0) is 38.0 Å². The third-order valence-corrected chi connectivity index (χ3v) is 2.67. The van der Waals surface area contributed by atoms with E-state index < -0.39 is 0 Å². The number of aryl methyl sites for hydroxylation is 1. The molecule has 0 bridgehead atoms.